The van der Waals surface area contributed by atoms with Gasteiger partial charge >= 0.3 is 0 Å². The van der Waals surface area contributed by atoms with E-state index in [2.05, 4.69) is 9.55 Å². The molecule has 2 aromatic rings. The van der Waals surface area contributed by atoms with Crippen molar-refractivity contribution in [3.05, 3.63) is 29.3 Å². The number of rotatable bonds is 2. The van der Waals surface area contributed by atoms with Gasteiger partial charge in [-0.15, -0.1) is 11.6 Å². The molecule has 19 heavy (non-hydrogen) atoms. The molecule has 2 nitrogen and oxygen atoms in total. The minimum absolute atomic E-state index is 0.156. The van der Waals surface area contributed by atoms with Gasteiger partial charge in [0.15, 0.2) is 0 Å². The monoisotopic (exact) mass is 280 g/mol. The van der Waals surface area contributed by atoms with Crippen LogP contribution in [0.4, 0.5) is 4.39 Å². The van der Waals surface area contributed by atoms with Crippen molar-refractivity contribution in [2.45, 2.75) is 50.9 Å². The molecule has 102 valence electrons. The lowest BCUT2D eigenvalue weighted by Crippen LogP contribution is -2.09. The fourth-order valence-corrected chi connectivity index (χ4v) is 3.22. The minimum Gasteiger partial charge on any atom is -0.324 e. The highest BCUT2D eigenvalue weighted by Crippen LogP contribution is 2.36. The molecular formula is C15H18ClFN2. The molecule has 1 fully saturated rings. The number of aryl methyl sites for hydroxylation is 1. The number of imidazole rings is 1. The molecule has 0 radical (unpaired) electrons. The van der Waals surface area contributed by atoms with E-state index < -0.39 is 0 Å². The van der Waals surface area contributed by atoms with Crippen molar-refractivity contribution in [1.29, 1.82) is 0 Å². The maximum atomic E-state index is 13.7. The number of hydrogen-bond acceptors (Lipinski definition) is 1. The van der Waals surface area contributed by atoms with Crippen molar-refractivity contribution in [3.63, 3.8) is 0 Å². The van der Waals surface area contributed by atoms with Crippen LogP contribution < -0.4 is 0 Å². The molecule has 1 saturated carbocycles. The van der Waals surface area contributed by atoms with E-state index in [9.17, 15) is 4.39 Å². The molecule has 0 amide bonds. The van der Waals surface area contributed by atoms with Crippen molar-refractivity contribution in [2.24, 2.45) is 0 Å². The van der Waals surface area contributed by atoms with Gasteiger partial charge < -0.3 is 4.57 Å². The van der Waals surface area contributed by atoms with Crippen LogP contribution in [0, 0.1) is 12.7 Å². The first-order chi connectivity index (χ1) is 9.08. The van der Waals surface area contributed by atoms with Crippen LogP contribution >= 0.6 is 11.6 Å². The predicted molar refractivity (Wildman–Crippen MR) is 76.2 cm³/mol. The van der Waals surface area contributed by atoms with Crippen molar-refractivity contribution in [3.8, 4) is 0 Å². The molecule has 1 heterocycles. The Kier molecular flexibility index (Phi) is 3.25. The maximum absolute atomic E-state index is 13.7. The molecule has 0 N–H and O–H groups in total. The zero-order chi connectivity index (χ0) is 13.6. The third-order valence-corrected chi connectivity index (χ3v) is 4.24. The Balaban J connectivity index is 2.25. The van der Waals surface area contributed by atoms with Gasteiger partial charge in [0.05, 0.1) is 16.4 Å². The average Bonchev–Trinajstić information content (AvgIpc) is 2.96. The molecule has 1 aliphatic rings. The molecular weight excluding hydrogens is 263 g/mol. The summed E-state index contributed by atoms with van der Waals surface area (Å²) in [5, 5.41) is -0.156. The highest BCUT2D eigenvalue weighted by molar-refractivity contribution is 6.20. The lowest BCUT2D eigenvalue weighted by atomic mass is 10.2. The molecule has 0 saturated heterocycles. The molecule has 4 heteroatoms. The summed E-state index contributed by atoms with van der Waals surface area (Å²) >= 11 is 6.26. The normalized spacial score (nSPS) is 18.3. The van der Waals surface area contributed by atoms with Crippen LogP contribution in [-0.2, 0) is 0 Å². The number of aromatic nitrogens is 2. The van der Waals surface area contributed by atoms with Gasteiger partial charge in [0, 0.05) is 12.1 Å². The third kappa shape index (κ3) is 2.14. The van der Waals surface area contributed by atoms with E-state index in [1.165, 1.54) is 31.7 Å². The van der Waals surface area contributed by atoms with E-state index in [4.69, 9.17) is 11.6 Å². The van der Waals surface area contributed by atoms with E-state index >= 15 is 0 Å². The summed E-state index contributed by atoms with van der Waals surface area (Å²) < 4.78 is 15.9. The molecule has 1 atom stereocenters. The van der Waals surface area contributed by atoms with Gasteiger partial charge in [0.25, 0.3) is 0 Å². The summed E-state index contributed by atoms with van der Waals surface area (Å²) in [6, 6.07) is 3.89. The zero-order valence-electron chi connectivity index (χ0n) is 11.3. The summed E-state index contributed by atoms with van der Waals surface area (Å²) in [5.41, 5.74) is 2.41. The summed E-state index contributed by atoms with van der Waals surface area (Å²) in [6.07, 6.45) is 4.83. The van der Waals surface area contributed by atoms with Crippen molar-refractivity contribution in [2.75, 3.05) is 0 Å². The second kappa shape index (κ2) is 4.78. The largest absolute Gasteiger partial charge is 0.324 e. The van der Waals surface area contributed by atoms with Crippen molar-refractivity contribution < 1.29 is 4.39 Å². The van der Waals surface area contributed by atoms with Gasteiger partial charge in [-0.05, 0) is 38.3 Å². The van der Waals surface area contributed by atoms with Gasteiger partial charge in [-0.25, -0.2) is 9.37 Å². The third-order valence-electron chi connectivity index (χ3n) is 4.04. The van der Waals surface area contributed by atoms with Crippen LogP contribution in [0.5, 0.6) is 0 Å². The topological polar surface area (TPSA) is 17.8 Å². The average molecular weight is 281 g/mol. The van der Waals surface area contributed by atoms with Gasteiger partial charge in [-0.3, -0.25) is 0 Å². The fourth-order valence-electron chi connectivity index (χ4n) is 3.07. The molecule has 0 aliphatic heterocycles. The summed E-state index contributed by atoms with van der Waals surface area (Å²) in [7, 11) is 0. The van der Waals surface area contributed by atoms with Gasteiger partial charge in [0.1, 0.15) is 11.6 Å². The highest BCUT2D eigenvalue weighted by atomic mass is 35.5. The lowest BCUT2D eigenvalue weighted by molar-refractivity contribution is 0.510. The van der Waals surface area contributed by atoms with Crippen molar-refractivity contribution in [1.82, 2.24) is 9.55 Å². The Morgan fingerprint density at radius 3 is 2.68 bits per heavy atom. The summed E-state index contributed by atoms with van der Waals surface area (Å²) in [5.74, 6) is 0.672. The lowest BCUT2D eigenvalue weighted by Gasteiger charge is -2.17. The van der Waals surface area contributed by atoms with E-state index in [-0.39, 0.29) is 11.2 Å². The van der Waals surface area contributed by atoms with E-state index in [1.807, 2.05) is 13.0 Å². The van der Waals surface area contributed by atoms with Crippen LogP contribution in [0.25, 0.3) is 11.0 Å². The van der Waals surface area contributed by atoms with Gasteiger partial charge in [0.2, 0.25) is 0 Å². The zero-order valence-corrected chi connectivity index (χ0v) is 12.0. The maximum Gasteiger partial charge on any atom is 0.128 e. The standard InChI is InChI=1S/C15H18ClFN2/c1-9-7-14-13(8-12(9)17)18-15(10(2)16)19(14)11-5-3-4-6-11/h7-8,10-11H,3-6H2,1-2H3. The second-order valence-electron chi connectivity index (χ2n) is 5.48. The summed E-state index contributed by atoms with van der Waals surface area (Å²) in [4.78, 5) is 4.55. The van der Waals surface area contributed by atoms with Crippen LogP contribution in [0.2, 0.25) is 0 Å². The smallest absolute Gasteiger partial charge is 0.128 e. The first-order valence-corrected chi connectivity index (χ1v) is 7.33. The second-order valence-corrected chi connectivity index (χ2v) is 6.14. The van der Waals surface area contributed by atoms with Crippen molar-refractivity contribution >= 4 is 22.6 Å². The summed E-state index contributed by atoms with van der Waals surface area (Å²) in [6.45, 7) is 3.72. The minimum atomic E-state index is -0.197. The van der Waals surface area contributed by atoms with E-state index in [1.54, 1.807) is 6.92 Å². The number of alkyl halides is 1. The Bertz CT molecular complexity index is 612. The highest BCUT2D eigenvalue weighted by Gasteiger charge is 2.24. The van der Waals surface area contributed by atoms with Crippen LogP contribution in [0.15, 0.2) is 12.1 Å². The fraction of sp³-hybridized carbons (Fsp3) is 0.533. The molecule has 0 bridgehead atoms. The van der Waals surface area contributed by atoms with Gasteiger partial charge in [-0.1, -0.05) is 12.8 Å². The first kappa shape index (κ1) is 12.9. The van der Waals surface area contributed by atoms with Crippen LogP contribution in [0.3, 0.4) is 0 Å². The number of hydrogen-bond donors (Lipinski definition) is 0. The number of benzene rings is 1. The van der Waals surface area contributed by atoms with Crippen LogP contribution in [-0.4, -0.2) is 9.55 Å². The SMILES string of the molecule is Cc1cc2c(cc1F)nc(C(C)Cl)n2C1CCCC1. The Hall–Kier alpha value is -1.09. The van der Waals surface area contributed by atoms with E-state index in [0.29, 0.717) is 11.6 Å². The Morgan fingerprint density at radius 2 is 2.05 bits per heavy atom. The number of nitrogens with zero attached hydrogens (tertiary/aromatic N) is 2. The van der Waals surface area contributed by atoms with E-state index in [0.717, 1.165) is 16.9 Å². The Labute approximate surface area is 117 Å². The van der Waals surface area contributed by atoms with Crippen LogP contribution in [0.1, 0.15) is 55.4 Å². The molecule has 0 spiro atoms. The first-order valence-electron chi connectivity index (χ1n) is 6.90. The predicted octanol–water partition coefficient (Wildman–Crippen LogP) is 4.90. The molecule has 3 rings (SSSR count). The molecule has 1 aromatic carbocycles. The van der Waals surface area contributed by atoms with Gasteiger partial charge in [-0.2, -0.15) is 0 Å². The number of fused-ring (bicyclic) bond motifs is 1. The molecule has 1 unspecified atom stereocenters. The Morgan fingerprint density at radius 1 is 1.37 bits per heavy atom. The quantitative estimate of drug-likeness (QED) is 0.716. The molecule has 1 aromatic heterocycles. The molecule has 1 aliphatic carbocycles. The number of halogens is 2.